The molecule has 154 valence electrons. The van der Waals surface area contributed by atoms with E-state index in [0.717, 1.165) is 36.6 Å². The molecular formula is C22H27N3O4. The zero-order valence-corrected chi connectivity index (χ0v) is 16.9. The van der Waals surface area contributed by atoms with Crippen LogP contribution < -0.4 is 5.32 Å². The average Bonchev–Trinajstić information content (AvgIpc) is 3.43. The van der Waals surface area contributed by atoms with Gasteiger partial charge in [-0.1, -0.05) is 6.92 Å². The number of likely N-dealkylation sites (N-methyl/N-ethyl adjacent to an activating group) is 1. The molecule has 1 atom stereocenters. The van der Waals surface area contributed by atoms with Gasteiger partial charge in [0.1, 0.15) is 0 Å². The maximum absolute atomic E-state index is 12.5. The van der Waals surface area contributed by atoms with Crippen LogP contribution in [-0.4, -0.2) is 53.9 Å². The van der Waals surface area contributed by atoms with Crippen molar-refractivity contribution in [2.45, 2.75) is 45.1 Å². The van der Waals surface area contributed by atoms with Crippen molar-refractivity contribution in [2.24, 2.45) is 5.92 Å². The van der Waals surface area contributed by atoms with Crippen LogP contribution >= 0.6 is 0 Å². The van der Waals surface area contributed by atoms with Gasteiger partial charge in [0, 0.05) is 29.7 Å². The van der Waals surface area contributed by atoms with Gasteiger partial charge in [0.15, 0.2) is 6.61 Å². The summed E-state index contributed by atoms with van der Waals surface area (Å²) < 4.78 is 5.20. The number of nitrogens with one attached hydrogen (secondary N) is 2. The number of nitrogens with zero attached hydrogens (tertiary/aromatic N) is 1. The first-order valence-electron chi connectivity index (χ1n) is 10.2. The van der Waals surface area contributed by atoms with Crippen LogP contribution in [0.25, 0.3) is 10.9 Å². The number of rotatable bonds is 6. The van der Waals surface area contributed by atoms with E-state index in [0.29, 0.717) is 11.5 Å². The first-order chi connectivity index (χ1) is 13.9. The molecule has 0 bridgehead atoms. The van der Waals surface area contributed by atoms with Crippen LogP contribution in [-0.2, 0) is 27.2 Å². The molecule has 1 fully saturated rings. The number of aromatic nitrogens is 1. The van der Waals surface area contributed by atoms with Crippen LogP contribution in [0.15, 0.2) is 18.2 Å². The van der Waals surface area contributed by atoms with E-state index in [2.05, 4.69) is 17.2 Å². The van der Waals surface area contributed by atoms with Gasteiger partial charge >= 0.3 is 5.97 Å². The first-order valence-corrected chi connectivity index (χ1v) is 10.2. The maximum Gasteiger partial charge on any atom is 0.338 e. The monoisotopic (exact) mass is 397 g/mol. The summed E-state index contributed by atoms with van der Waals surface area (Å²) in [7, 11) is 1.53. The van der Waals surface area contributed by atoms with Crippen LogP contribution in [0.1, 0.15) is 47.8 Å². The van der Waals surface area contributed by atoms with Crippen molar-refractivity contribution in [3.8, 4) is 0 Å². The van der Waals surface area contributed by atoms with E-state index >= 15 is 0 Å². The second-order valence-electron chi connectivity index (χ2n) is 8.36. The van der Waals surface area contributed by atoms with Crippen LogP contribution in [0.3, 0.4) is 0 Å². The normalized spacial score (nSPS) is 18.2. The molecule has 0 spiro atoms. The summed E-state index contributed by atoms with van der Waals surface area (Å²) in [6, 6.07) is 5.71. The van der Waals surface area contributed by atoms with Crippen molar-refractivity contribution >= 4 is 28.7 Å². The van der Waals surface area contributed by atoms with E-state index in [1.165, 1.54) is 29.6 Å². The minimum absolute atomic E-state index is 0.0352. The van der Waals surface area contributed by atoms with Crippen LogP contribution in [0.2, 0.25) is 0 Å². The van der Waals surface area contributed by atoms with Crippen LogP contribution in [0.4, 0.5) is 0 Å². The lowest BCUT2D eigenvalue weighted by Crippen LogP contribution is -2.40. The second-order valence-corrected chi connectivity index (χ2v) is 8.36. The Morgan fingerprint density at radius 2 is 2.03 bits per heavy atom. The zero-order valence-electron chi connectivity index (χ0n) is 16.9. The molecule has 4 rings (SSSR count). The first kappa shape index (κ1) is 19.5. The molecule has 0 saturated heterocycles. The fourth-order valence-electron chi connectivity index (χ4n) is 3.84. The predicted octanol–water partition coefficient (Wildman–Crippen LogP) is 2.19. The Bertz CT molecular complexity index is 960. The van der Waals surface area contributed by atoms with E-state index < -0.39 is 11.9 Å². The van der Waals surface area contributed by atoms with Crippen LogP contribution in [0, 0.1) is 5.92 Å². The Labute approximate surface area is 169 Å². The number of aromatic amines is 1. The van der Waals surface area contributed by atoms with E-state index in [1.807, 2.05) is 12.1 Å². The molecule has 1 unspecified atom stereocenters. The summed E-state index contributed by atoms with van der Waals surface area (Å²) in [5.74, 6) is -0.498. The Balaban J connectivity index is 1.36. The van der Waals surface area contributed by atoms with E-state index in [9.17, 15) is 14.4 Å². The molecule has 1 aromatic carbocycles. The number of ether oxygens (including phenoxy) is 1. The van der Waals surface area contributed by atoms with Crippen molar-refractivity contribution in [3.63, 3.8) is 0 Å². The van der Waals surface area contributed by atoms with Gasteiger partial charge in [-0.3, -0.25) is 9.59 Å². The van der Waals surface area contributed by atoms with Gasteiger partial charge in [-0.2, -0.15) is 0 Å². The molecule has 7 nitrogen and oxygen atoms in total. The quantitative estimate of drug-likeness (QED) is 0.731. The number of aryl methyl sites for hydroxylation is 1. The third-order valence-corrected chi connectivity index (χ3v) is 5.75. The second kappa shape index (κ2) is 7.89. The number of carbonyl (C=O) groups is 3. The molecule has 2 aromatic rings. The molecule has 1 heterocycles. The summed E-state index contributed by atoms with van der Waals surface area (Å²) >= 11 is 0. The Kier molecular flexibility index (Phi) is 5.30. The molecule has 1 aromatic heterocycles. The highest BCUT2D eigenvalue weighted by Crippen LogP contribution is 2.32. The lowest BCUT2D eigenvalue weighted by atomic mass is 9.87. The van der Waals surface area contributed by atoms with Crippen molar-refractivity contribution in [1.29, 1.82) is 0 Å². The van der Waals surface area contributed by atoms with Gasteiger partial charge < -0.3 is 19.9 Å². The zero-order chi connectivity index (χ0) is 20.5. The molecule has 29 heavy (non-hydrogen) atoms. The minimum atomic E-state index is -0.533. The smallest absolute Gasteiger partial charge is 0.338 e. The average molecular weight is 397 g/mol. The molecule has 2 N–H and O–H groups in total. The van der Waals surface area contributed by atoms with E-state index in [-0.39, 0.29) is 25.1 Å². The lowest BCUT2D eigenvalue weighted by Gasteiger charge is -2.18. The summed E-state index contributed by atoms with van der Waals surface area (Å²) in [4.78, 5) is 41.2. The number of fused-ring (bicyclic) bond motifs is 3. The molecule has 0 radical (unpaired) electrons. The maximum atomic E-state index is 12.5. The number of benzene rings is 1. The molecule has 1 saturated carbocycles. The molecule has 2 amide bonds. The highest BCUT2D eigenvalue weighted by atomic mass is 16.5. The fraction of sp³-hybridized carbons (Fsp3) is 0.500. The summed E-state index contributed by atoms with van der Waals surface area (Å²) in [5.41, 5.74) is 3.99. The molecular weight excluding hydrogens is 370 g/mol. The third kappa shape index (κ3) is 4.44. The molecule has 2 aliphatic carbocycles. The standard InChI is InChI=1S/C22H27N3O4/c1-13-3-7-18-16(9-13)17-10-14(4-8-19(17)24-18)22(28)29-12-21(27)25(2)11-20(26)23-15-5-6-15/h4,8,10,13,15,24H,3,5-7,9,11-12H2,1-2H3,(H,23,26). The molecule has 7 heteroatoms. The highest BCUT2D eigenvalue weighted by molar-refractivity contribution is 5.97. The predicted molar refractivity (Wildman–Crippen MR) is 109 cm³/mol. The van der Waals surface area contributed by atoms with Crippen molar-refractivity contribution in [3.05, 3.63) is 35.0 Å². The lowest BCUT2D eigenvalue weighted by molar-refractivity contribution is -0.137. The number of amides is 2. The number of esters is 1. The highest BCUT2D eigenvalue weighted by Gasteiger charge is 2.25. The largest absolute Gasteiger partial charge is 0.452 e. The minimum Gasteiger partial charge on any atom is -0.452 e. The number of H-pyrrole nitrogens is 1. The van der Waals surface area contributed by atoms with Crippen molar-refractivity contribution in [2.75, 3.05) is 20.2 Å². The summed E-state index contributed by atoms with van der Waals surface area (Å²) in [6.45, 7) is 1.83. The number of carbonyl (C=O) groups excluding carboxylic acids is 3. The van der Waals surface area contributed by atoms with Gasteiger partial charge in [0.25, 0.3) is 5.91 Å². The fourth-order valence-corrected chi connectivity index (χ4v) is 3.84. The van der Waals surface area contributed by atoms with E-state index in [1.54, 1.807) is 6.07 Å². The topological polar surface area (TPSA) is 91.5 Å². The van der Waals surface area contributed by atoms with Crippen molar-refractivity contribution in [1.82, 2.24) is 15.2 Å². The third-order valence-electron chi connectivity index (χ3n) is 5.75. The van der Waals surface area contributed by atoms with Gasteiger partial charge in [0.2, 0.25) is 5.91 Å². The van der Waals surface area contributed by atoms with Gasteiger partial charge in [-0.05, 0) is 61.8 Å². The summed E-state index contributed by atoms with van der Waals surface area (Å²) in [6.07, 6.45) is 5.19. The number of hydrogen-bond donors (Lipinski definition) is 2. The van der Waals surface area contributed by atoms with E-state index in [4.69, 9.17) is 4.74 Å². The van der Waals surface area contributed by atoms with Crippen LogP contribution in [0.5, 0.6) is 0 Å². The number of hydrogen-bond acceptors (Lipinski definition) is 4. The Morgan fingerprint density at radius 1 is 1.24 bits per heavy atom. The summed E-state index contributed by atoms with van der Waals surface area (Å²) in [5, 5.41) is 3.89. The Hall–Kier alpha value is -2.83. The van der Waals surface area contributed by atoms with Gasteiger partial charge in [0.05, 0.1) is 12.1 Å². The van der Waals surface area contributed by atoms with Gasteiger partial charge in [-0.25, -0.2) is 4.79 Å². The van der Waals surface area contributed by atoms with Gasteiger partial charge in [-0.15, -0.1) is 0 Å². The Morgan fingerprint density at radius 3 is 2.79 bits per heavy atom. The van der Waals surface area contributed by atoms with Crippen molar-refractivity contribution < 1.29 is 19.1 Å². The molecule has 2 aliphatic rings. The molecule has 0 aliphatic heterocycles. The SMILES string of the molecule is CC1CCc2[nH]c3ccc(C(=O)OCC(=O)N(C)CC(=O)NC4CC4)cc3c2C1.